The summed E-state index contributed by atoms with van der Waals surface area (Å²) in [5.41, 5.74) is 5.08. The van der Waals surface area contributed by atoms with Crippen molar-refractivity contribution in [3.8, 4) is 5.75 Å². The molecule has 0 spiro atoms. The number of nitrogens with one attached hydrogen (secondary N) is 1. The zero-order valence-corrected chi connectivity index (χ0v) is 17.8. The molecule has 0 fully saturated rings. The summed E-state index contributed by atoms with van der Waals surface area (Å²) in [6, 6.07) is 19.8. The normalized spacial score (nSPS) is 18.8. The quantitative estimate of drug-likeness (QED) is 0.415. The third kappa shape index (κ3) is 2.83. The van der Waals surface area contributed by atoms with Crippen molar-refractivity contribution in [3.05, 3.63) is 112 Å². The predicted octanol–water partition coefficient (Wildman–Crippen LogP) is 5.94. The van der Waals surface area contributed by atoms with Crippen LogP contribution in [0.1, 0.15) is 34.4 Å². The summed E-state index contributed by atoms with van der Waals surface area (Å²) in [6.07, 6.45) is 1.02. The van der Waals surface area contributed by atoms with E-state index < -0.39 is 12.1 Å². The van der Waals surface area contributed by atoms with Crippen LogP contribution in [0.3, 0.4) is 0 Å². The summed E-state index contributed by atoms with van der Waals surface area (Å²) in [7, 11) is 0. The lowest BCUT2D eigenvalue weighted by Crippen LogP contribution is -2.33. The molecule has 4 aromatic rings. The second-order valence-corrected chi connectivity index (χ2v) is 8.34. The van der Waals surface area contributed by atoms with Gasteiger partial charge in [-0.1, -0.05) is 54.1 Å². The summed E-state index contributed by atoms with van der Waals surface area (Å²) >= 11 is 6.35. The maximum absolute atomic E-state index is 15.1. The van der Waals surface area contributed by atoms with Crippen LogP contribution >= 0.6 is 11.6 Å². The molecule has 0 saturated carbocycles. The highest BCUT2D eigenvalue weighted by Crippen LogP contribution is 2.51. The summed E-state index contributed by atoms with van der Waals surface area (Å²) in [6.45, 7) is 2.05. The fourth-order valence-electron chi connectivity index (χ4n) is 4.58. The number of halogens is 2. The molecule has 2 atom stereocenters. The summed E-state index contributed by atoms with van der Waals surface area (Å²) in [4.78, 5) is 4.37. The number of hydrogen-bond donors (Lipinski definition) is 1. The summed E-state index contributed by atoms with van der Waals surface area (Å²) in [5, 5.41) is 8.43. The van der Waals surface area contributed by atoms with Crippen molar-refractivity contribution in [2.24, 2.45) is 0 Å². The van der Waals surface area contributed by atoms with Gasteiger partial charge in [-0.25, -0.2) is 9.07 Å². The Morgan fingerprint density at radius 2 is 1.81 bits per heavy atom. The van der Waals surface area contributed by atoms with Crippen LogP contribution in [-0.2, 0) is 0 Å². The van der Waals surface area contributed by atoms with Gasteiger partial charge in [0.1, 0.15) is 30.0 Å². The van der Waals surface area contributed by atoms with Crippen molar-refractivity contribution >= 4 is 23.2 Å². The number of rotatable bonds is 2. The Bertz CT molecular complexity index is 1400. The monoisotopic (exact) mass is 444 g/mol. The molecular formula is C25H18ClFN4O. The molecule has 3 heterocycles. The fraction of sp³-hybridized carbons (Fsp3) is 0.120. The molecule has 158 valence electrons. The van der Waals surface area contributed by atoms with Crippen molar-refractivity contribution in [2.75, 3.05) is 5.32 Å². The second kappa shape index (κ2) is 7.21. The molecule has 0 unspecified atom stereocenters. The number of ether oxygens (including phenoxy) is 1. The van der Waals surface area contributed by atoms with Gasteiger partial charge in [0.25, 0.3) is 0 Å². The first kappa shape index (κ1) is 19.1. The molecule has 0 bridgehead atoms. The topological polar surface area (TPSA) is 52.0 Å². The van der Waals surface area contributed by atoms with Crippen LogP contribution in [-0.4, -0.2) is 14.8 Å². The zero-order chi connectivity index (χ0) is 21.8. The van der Waals surface area contributed by atoms with E-state index in [4.69, 9.17) is 16.3 Å². The first-order chi connectivity index (χ1) is 15.6. The lowest BCUT2D eigenvalue weighted by Gasteiger charge is -2.39. The van der Waals surface area contributed by atoms with Crippen LogP contribution in [0.4, 0.5) is 10.3 Å². The fourth-order valence-corrected chi connectivity index (χ4v) is 4.75. The largest absolute Gasteiger partial charge is 0.480 e. The van der Waals surface area contributed by atoms with E-state index in [1.807, 2.05) is 49.4 Å². The smallest absolute Gasteiger partial charge is 0.226 e. The van der Waals surface area contributed by atoms with Crippen LogP contribution in [0.5, 0.6) is 5.75 Å². The van der Waals surface area contributed by atoms with Gasteiger partial charge in [-0.3, -0.25) is 0 Å². The lowest BCUT2D eigenvalue weighted by atomic mass is 9.83. The number of aromatic nitrogens is 3. The molecule has 5 nitrogen and oxygen atoms in total. The van der Waals surface area contributed by atoms with Crippen LogP contribution in [0.15, 0.2) is 78.6 Å². The molecule has 32 heavy (non-hydrogen) atoms. The SMILES string of the molecule is Cc1ccccc1[C@H]1Oc2ccc(Cl)cc2C2=C1[C@H](c1ccccc1F)n1ncnc1N2. The molecular weight excluding hydrogens is 427 g/mol. The minimum Gasteiger partial charge on any atom is -0.480 e. The number of hydrogen-bond acceptors (Lipinski definition) is 4. The van der Waals surface area contributed by atoms with Crippen molar-refractivity contribution in [3.63, 3.8) is 0 Å². The van der Waals surface area contributed by atoms with Gasteiger partial charge in [0.15, 0.2) is 0 Å². The minimum atomic E-state index is -0.540. The van der Waals surface area contributed by atoms with Crippen LogP contribution in [0.25, 0.3) is 5.70 Å². The summed E-state index contributed by atoms with van der Waals surface area (Å²) in [5.74, 6) is 0.927. The van der Waals surface area contributed by atoms with Gasteiger partial charge in [0.2, 0.25) is 5.95 Å². The molecule has 7 heteroatoms. The van der Waals surface area contributed by atoms with Crippen molar-refractivity contribution in [2.45, 2.75) is 19.1 Å². The van der Waals surface area contributed by atoms with E-state index in [2.05, 4.69) is 15.4 Å². The molecule has 0 amide bonds. The van der Waals surface area contributed by atoms with Crippen molar-refractivity contribution < 1.29 is 9.13 Å². The van der Waals surface area contributed by atoms with Crippen LogP contribution in [0, 0.1) is 12.7 Å². The standard InChI is InChI=1S/C25H18ClFN4O/c1-14-6-2-3-7-16(14)24-21-22(18-12-15(26)10-11-20(18)32-24)30-25-28-13-29-31(25)23(21)17-8-4-5-9-19(17)27/h2-13,23-24H,1H3,(H,28,29,30)/t23-,24+/m0/s1. The zero-order valence-electron chi connectivity index (χ0n) is 17.1. The first-order valence-electron chi connectivity index (χ1n) is 10.3. The van der Waals surface area contributed by atoms with Crippen molar-refractivity contribution in [1.82, 2.24) is 14.8 Å². The third-order valence-electron chi connectivity index (χ3n) is 6.05. The Morgan fingerprint density at radius 3 is 2.62 bits per heavy atom. The van der Waals surface area contributed by atoms with Gasteiger partial charge >= 0.3 is 0 Å². The Morgan fingerprint density at radius 1 is 1.03 bits per heavy atom. The van der Waals surface area contributed by atoms with Gasteiger partial charge in [-0.15, -0.1) is 0 Å². The molecule has 0 aliphatic carbocycles. The molecule has 0 radical (unpaired) electrons. The molecule has 3 aromatic carbocycles. The lowest BCUT2D eigenvalue weighted by molar-refractivity contribution is 0.221. The van der Waals surface area contributed by atoms with Crippen molar-refractivity contribution in [1.29, 1.82) is 0 Å². The van der Waals surface area contributed by atoms with Gasteiger partial charge in [0, 0.05) is 21.7 Å². The Balaban J connectivity index is 1.68. The third-order valence-corrected chi connectivity index (χ3v) is 6.28. The Kier molecular flexibility index (Phi) is 4.30. The summed E-state index contributed by atoms with van der Waals surface area (Å²) < 4.78 is 23.4. The van der Waals surface area contributed by atoms with E-state index in [9.17, 15) is 0 Å². The van der Waals surface area contributed by atoms with E-state index in [0.717, 1.165) is 28.0 Å². The number of aryl methyl sites for hydroxylation is 1. The van der Waals surface area contributed by atoms with Gasteiger partial charge in [-0.2, -0.15) is 10.1 Å². The van der Waals surface area contributed by atoms with E-state index in [-0.39, 0.29) is 5.82 Å². The van der Waals surface area contributed by atoms with E-state index >= 15 is 4.39 Å². The molecule has 1 N–H and O–H groups in total. The van der Waals surface area contributed by atoms with E-state index in [1.165, 1.54) is 12.4 Å². The van der Waals surface area contributed by atoms with Crippen LogP contribution in [0.2, 0.25) is 5.02 Å². The maximum Gasteiger partial charge on any atom is 0.226 e. The minimum absolute atomic E-state index is 0.312. The molecule has 0 saturated heterocycles. The molecule has 6 rings (SSSR count). The van der Waals surface area contributed by atoms with Gasteiger partial charge in [0.05, 0.1) is 5.70 Å². The number of anilines is 1. The number of fused-ring (bicyclic) bond motifs is 3. The first-order valence-corrected chi connectivity index (χ1v) is 10.7. The average Bonchev–Trinajstić information content (AvgIpc) is 3.27. The Labute approximate surface area is 189 Å². The van der Waals surface area contributed by atoms with E-state index in [0.29, 0.717) is 22.3 Å². The molecule has 2 aliphatic rings. The highest BCUT2D eigenvalue weighted by molar-refractivity contribution is 6.30. The Hall–Kier alpha value is -3.64. The van der Waals surface area contributed by atoms with Crippen LogP contribution < -0.4 is 10.1 Å². The highest BCUT2D eigenvalue weighted by Gasteiger charge is 2.42. The molecule has 2 aliphatic heterocycles. The predicted molar refractivity (Wildman–Crippen MR) is 121 cm³/mol. The van der Waals surface area contributed by atoms with Gasteiger partial charge < -0.3 is 10.1 Å². The second-order valence-electron chi connectivity index (χ2n) is 7.90. The van der Waals surface area contributed by atoms with E-state index in [1.54, 1.807) is 22.9 Å². The number of nitrogens with zero attached hydrogens (tertiary/aromatic N) is 3. The van der Waals surface area contributed by atoms with Gasteiger partial charge in [-0.05, 0) is 42.3 Å². The maximum atomic E-state index is 15.1. The number of benzene rings is 3. The highest BCUT2D eigenvalue weighted by atomic mass is 35.5. The average molecular weight is 445 g/mol. The molecule has 1 aromatic heterocycles.